The van der Waals surface area contributed by atoms with Gasteiger partial charge in [0.15, 0.2) is 4.80 Å². The summed E-state index contributed by atoms with van der Waals surface area (Å²) in [5.41, 5.74) is 2.18. The predicted molar refractivity (Wildman–Crippen MR) is 131 cm³/mol. The van der Waals surface area contributed by atoms with E-state index in [4.69, 9.17) is 4.74 Å². The molecule has 0 fully saturated rings. The molecule has 0 aliphatic rings. The molecule has 31 heavy (non-hydrogen) atoms. The molecular formula is C23H26N2O3S3. The van der Waals surface area contributed by atoms with Gasteiger partial charge in [-0.25, -0.2) is 0 Å². The zero-order valence-electron chi connectivity index (χ0n) is 17.7. The fraction of sp³-hybridized carbons (Fsp3) is 0.348. The van der Waals surface area contributed by atoms with Crippen LogP contribution < -0.4 is 4.80 Å². The van der Waals surface area contributed by atoms with E-state index in [2.05, 4.69) is 23.2 Å². The lowest BCUT2D eigenvalue weighted by molar-refractivity contribution is -0.143. The largest absolute Gasteiger partial charge is 0.465 e. The van der Waals surface area contributed by atoms with Gasteiger partial charge in [-0.1, -0.05) is 41.7 Å². The normalized spacial score (nSPS) is 11.7. The SMILES string of the molecule is CCOC(=O)Cn1c(=NC(=O)CCCSCc2ccccc2)sc2cc(SC)ccc21. The highest BCUT2D eigenvalue weighted by Gasteiger charge is 2.13. The lowest BCUT2D eigenvalue weighted by Crippen LogP contribution is -2.23. The Hall–Kier alpha value is -2.03. The fourth-order valence-corrected chi connectivity index (χ4v) is 5.53. The predicted octanol–water partition coefficient (Wildman–Crippen LogP) is 5.13. The van der Waals surface area contributed by atoms with Gasteiger partial charge in [-0.3, -0.25) is 9.59 Å². The molecule has 164 valence electrons. The minimum absolute atomic E-state index is 0.0471. The van der Waals surface area contributed by atoms with Crippen LogP contribution in [0.3, 0.4) is 0 Å². The summed E-state index contributed by atoms with van der Waals surface area (Å²) >= 11 is 4.91. The van der Waals surface area contributed by atoms with E-state index >= 15 is 0 Å². The zero-order valence-corrected chi connectivity index (χ0v) is 20.2. The second-order valence-electron chi connectivity index (χ2n) is 6.76. The van der Waals surface area contributed by atoms with Crippen LogP contribution >= 0.6 is 34.9 Å². The lowest BCUT2D eigenvalue weighted by atomic mass is 10.2. The van der Waals surface area contributed by atoms with Crippen LogP contribution in [-0.2, 0) is 26.6 Å². The molecule has 5 nitrogen and oxygen atoms in total. The lowest BCUT2D eigenvalue weighted by Gasteiger charge is -2.05. The second-order valence-corrected chi connectivity index (χ2v) is 9.75. The van der Waals surface area contributed by atoms with Crippen LogP contribution in [0, 0.1) is 0 Å². The van der Waals surface area contributed by atoms with E-state index in [1.807, 2.05) is 48.3 Å². The number of aromatic nitrogens is 1. The number of rotatable bonds is 10. The third kappa shape index (κ3) is 6.98. The molecule has 0 aliphatic carbocycles. The summed E-state index contributed by atoms with van der Waals surface area (Å²) in [4.78, 5) is 30.6. The highest BCUT2D eigenvalue weighted by atomic mass is 32.2. The number of amides is 1. The van der Waals surface area contributed by atoms with E-state index in [1.165, 1.54) is 16.9 Å². The first-order valence-corrected chi connectivity index (χ1v) is 13.3. The van der Waals surface area contributed by atoms with E-state index in [-0.39, 0.29) is 18.4 Å². The highest BCUT2D eigenvalue weighted by molar-refractivity contribution is 7.98. The maximum Gasteiger partial charge on any atom is 0.326 e. The molecule has 1 amide bonds. The van der Waals surface area contributed by atoms with Gasteiger partial charge in [0, 0.05) is 17.1 Å². The highest BCUT2D eigenvalue weighted by Crippen LogP contribution is 2.24. The van der Waals surface area contributed by atoms with Gasteiger partial charge in [0.1, 0.15) is 6.54 Å². The van der Waals surface area contributed by atoms with Crippen LogP contribution in [-0.4, -0.2) is 35.1 Å². The van der Waals surface area contributed by atoms with Gasteiger partial charge in [0.05, 0.1) is 16.8 Å². The summed E-state index contributed by atoms with van der Waals surface area (Å²) in [7, 11) is 0. The van der Waals surface area contributed by atoms with Crippen LogP contribution in [0.25, 0.3) is 10.2 Å². The average molecular weight is 475 g/mol. The number of hydrogen-bond acceptors (Lipinski definition) is 6. The summed E-state index contributed by atoms with van der Waals surface area (Å²) in [6.45, 7) is 2.15. The van der Waals surface area contributed by atoms with Gasteiger partial charge in [-0.2, -0.15) is 16.8 Å². The summed E-state index contributed by atoms with van der Waals surface area (Å²) in [5.74, 6) is 1.36. The summed E-state index contributed by atoms with van der Waals surface area (Å²) < 4.78 is 7.89. The molecule has 0 unspecified atom stereocenters. The van der Waals surface area contributed by atoms with E-state index < -0.39 is 0 Å². The molecule has 8 heteroatoms. The Balaban J connectivity index is 1.68. The number of esters is 1. The molecule has 1 heterocycles. The first kappa shape index (κ1) is 23.6. The van der Waals surface area contributed by atoms with Crippen molar-refractivity contribution in [1.29, 1.82) is 0 Å². The van der Waals surface area contributed by atoms with Crippen molar-refractivity contribution in [1.82, 2.24) is 4.57 Å². The number of carbonyl (C=O) groups excluding carboxylic acids is 2. The Kier molecular flexibility index (Phi) is 9.24. The summed E-state index contributed by atoms with van der Waals surface area (Å²) in [6, 6.07) is 16.4. The van der Waals surface area contributed by atoms with Crippen molar-refractivity contribution in [2.24, 2.45) is 4.99 Å². The molecule has 0 saturated heterocycles. The second kappa shape index (κ2) is 12.1. The monoisotopic (exact) mass is 474 g/mol. The van der Waals surface area contributed by atoms with Gasteiger partial charge in [-0.05, 0) is 49.1 Å². The molecule has 1 aromatic heterocycles. The van der Waals surface area contributed by atoms with Gasteiger partial charge in [-0.15, -0.1) is 11.8 Å². The van der Waals surface area contributed by atoms with Crippen molar-refractivity contribution in [3.05, 3.63) is 58.9 Å². The minimum atomic E-state index is -0.331. The van der Waals surface area contributed by atoms with E-state index in [9.17, 15) is 9.59 Å². The maximum atomic E-state index is 12.5. The van der Waals surface area contributed by atoms with Gasteiger partial charge in [0.2, 0.25) is 5.91 Å². The number of fused-ring (bicyclic) bond motifs is 1. The molecular weight excluding hydrogens is 448 g/mol. The van der Waals surface area contributed by atoms with Crippen molar-refractivity contribution < 1.29 is 14.3 Å². The first-order valence-electron chi connectivity index (χ1n) is 10.1. The molecule has 0 bridgehead atoms. The number of hydrogen-bond donors (Lipinski definition) is 0. The number of thioether (sulfide) groups is 2. The van der Waals surface area contributed by atoms with Crippen molar-refractivity contribution in [2.45, 2.75) is 37.0 Å². The quantitative estimate of drug-likeness (QED) is 0.232. The Morgan fingerprint density at radius 3 is 2.71 bits per heavy atom. The summed E-state index contributed by atoms with van der Waals surface area (Å²) in [5, 5.41) is 0. The molecule has 3 rings (SSSR count). The van der Waals surface area contributed by atoms with Crippen LogP contribution in [0.2, 0.25) is 0 Å². The number of thiazole rings is 1. The number of nitrogens with zero attached hydrogens (tertiary/aromatic N) is 2. The maximum absolute atomic E-state index is 12.5. The zero-order chi connectivity index (χ0) is 22.1. The third-order valence-corrected chi connectivity index (χ3v) is 7.37. The van der Waals surface area contributed by atoms with Crippen LogP contribution in [0.15, 0.2) is 58.4 Å². The van der Waals surface area contributed by atoms with Crippen LogP contribution in [0.5, 0.6) is 0 Å². The van der Waals surface area contributed by atoms with Gasteiger partial charge >= 0.3 is 5.97 Å². The average Bonchev–Trinajstić information content (AvgIpc) is 3.10. The molecule has 0 N–H and O–H groups in total. The van der Waals surface area contributed by atoms with E-state index in [1.54, 1.807) is 23.3 Å². The Morgan fingerprint density at radius 1 is 1.16 bits per heavy atom. The molecule has 0 radical (unpaired) electrons. The standard InChI is InChI=1S/C23H26N2O3S3/c1-3-28-22(27)15-25-19-12-11-18(29-2)14-20(19)31-23(25)24-21(26)10-7-13-30-16-17-8-5-4-6-9-17/h4-6,8-9,11-12,14H,3,7,10,13,15-16H2,1-2H3. The minimum Gasteiger partial charge on any atom is -0.465 e. The number of benzene rings is 2. The Bertz CT molecular complexity index is 1090. The van der Waals surface area contributed by atoms with E-state index in [0.29, 0.717) is 17.8 Å². The fourth-order valence-electron chi connectivity index (χ4n) is 3.01. The topological polar surface area (TPSA) is 60.7 Å². The Morgan fingerprint density at radius 2 is 1.97 bits per heavy atom. The molecule has 0 atom stereocenters. The van der Waals surface area contributed by atoms with Crippen molar-refractivity contribution in [2.75, 3.05) is 18.6 Å². The van der Waals surface area contributed by atoms with Crippen LogP contribution in [0.1, 0.15) is 25.3 Å². The van der Waals surface area contributed by atoms with Gasteiger partial charge in [0.25, 0.3) is 0 Å². The van der Waals surface area contributed by atoms with Crippen molar-refractivity contribution in [3.63, 3.8) is 0 Å². The summed E-state index contributed by atoms with van der Waals surface area (Å²) in [6.07, 6.45) is 3.19. The Labute approximate surface area is 194 Å². The number of ether oxygens (including phenoxy) is 1. The van der Waals surface area contributed by atoms with Crippen molar-refractivity contribution in [3.8, 4) is 0 Å². The molecule has 3 aromatic rings. The first-order chi connectivity index (χ1) is 15.1. The smallest absolute Gasteiger partial charge is 0.326 e. The number of carbonyl (C=O) groups is 2. The molecule has 0 spiro atoms. The van der Waals surface area contributed by atoms with Crippen LogP contribution in [0.4, 0.5) is 0 Å². The third-order valence-electron chi connectivity index (χ3n) is 4.49. The van der Waals surface area contributed by atoms with Gasteiger partial charge < -0.3 is 9.30 Å². The van der Waals surface area contributed by atoms with Crippen molar-refractivity contribution >= 4 is 57.0 Å². The molecule has 0 saturated carbocycles. The van der Waals surface area contributed by atoms with E-state index in [0.717, 1.165) is 33.0 Å². The molecule has 0 aliphatic heterocycles. The molecule has 2 aromatic carbocycles.